The monoisotopic (exact) mass is 272 g/mol. The summed E-state index contributed by atoms with van der Waals surface area (Å²) in [6, 6.07) is 0. The minimum absolute atomic E-state index is 0.00801. The van der Waals surface area contributed by atoms with Gasteiger partial charge in [-0.1, -0.05) is 18.3 Å². The number of nitrogen functional groups attached to an aromatic ring is 1. The molecular weight excluding hydrogens is 256 g/mol. The number of carbonyl (C=O) groups is 1. The lowest BCUT2D eigenvalue weighted by Crippen LogP contribution is -2.40. The molecule has 0 radical (unpaired) electrons. The number of carbonyl (C=O) groups excluding carboxylic acids is 1. The van der Waals surface area contributed by atoms with E-state index in [1.54, 1.807) is 7.05 Å². The van der Waals surface area contributed by atoms with Gasteiger partial charge in [-0.2, -0.15) is 11.8 Å². The zero-order chi connectivity index (χ0) is 12.4. The lowest BCUT2D eigenvalue weighted by molar-refractivity contribution is 0.0769. The second-order valence-corrected chi connectivity index (χ2v) is 6.46. The Bertz CT molecular complexity index is 420. The van der Waals surface area contributed by atoms with Crippen LogP contribution >= 0.6 is 23.1 Å². The van der Waals surface area contributed by atoms with Crippen molar-refractivity contribution in [2.45, 2.75) is 12.2 Å². The normalized spacial score (nSPS) is 20.4. The predicted octanol–water partition coefficient (Wildman–Crippen LogP) is 1.34. The number of thioether (sulfide) groups is 1. The van der Waals surface area contributed by atoms with Crippen molar-refractivity contribution in [3.63, 3.8) is 0 Å². The molecule has 1 aliphatic heterocycles. The maximum Gasteiger partial charge on any atom is 0.267 e. The average molecular weight is 272 g/mol. The van der Waals surface area contributed by atoms with Crippen LogP contribution in [-0.4, -0.2) is 46.9 Å². The van der Waals surface area contributed by atoms with Crippen molar-refractivity contribution in [3.8, 4) is 0 Å². The molecule has 94 valence electrons. The molecule has 1 saturated heterocycles. The first-order valence-electron chi connectivity index (χ1n) is 5.46. The van der Waals surface area contributed by atoms with Crippen LogP contribution < -0.4 is 11.1 Å². The number of nitrogens with zero attached hydrogens (tertiary/aromatic N) is 2. The molecule has 1 atom stereocenters. The van der Waals surface area contributed by atoms with Crippen molar-refractivity contribution in [1.82, 2.24) is 9.88 Å². The maximum absolute atomic E-state index is 12.3. The van der Waals surface area contributed by atoms with Gasteiger partial charge in [0.25, 0.3) is 5.91 Å². The number of nitrogens with one attached hydrogen (secondary N) is 1. The number of hydrogen-bond donors (Lipinski definition) is 2. The van der Waals surface area contributed by atoms with Crippen molar-refractivity contribution in [3.05, 3.63) is 4.88 Å². The van der Waals surface area contributed by atoms with Crippen molar-refractivity contribution in [1.29, 1.82) is 0 Å². The Morgan fingerprint density at radius 3 is 3.00 bits per heavy atom. The van der Waals surface area contributed by atoms with Gasteiger partial charge in [-0.15, -0.1) is 0 Å². The minimum Gasteiger partial charge on any atom is -0.382 e. The number of nitrogens with two attached hydrogens (primary N) is 1. The van der Waals surface area contributed by atoms with Crippen LogP contribution in [0.1, 0.15) is 16.6 Å². The van der Waals surface area contributed by atoms with Gasteiger partial charge < -0.3 is 16.0 Å². The molecule has 17 heavy (non-hydrogen) atoms. The third kappa shape index (κ3) is 2.66. The van der Waals surface area contributed by atoms with Crippen molar-refractivity contribution < 1.29 is 4.79 Å². The molecule has 1 aliphatic rings. The first kappa shape index (κ1) is 12.5. The van der Waals surface area contributed by atoms with Gasteiger partial charge in [0, 0.05) is 31.1 Å². The lowest BCUT2D eigenvalue weighted by atomic mass is 10.3. The lowest BCUT2D eigenvalue weighted by Gasteiger charge is -2.30. The molecule has 7 heteroatoms. The van der Waals surface area contributed by atoms with E-state index in [-0.39, 0.29) is 5.91 Å². The van der Waals surface area contributed by atoms with E-state index < -0.39 is 0 Å². The van der Waals surface area contributed by atoms with Gasteiger partial charge in [0.2, 0.25) is 0 Å². The van der Waals surface area contributed by atoms with Crippen LogP contribution in [0.15, 0.2) is 0 Å². The van der Waals surface area contributed by atoms with Crippen LogP contribution in [0.2, 0.25) is 0 Å². The van der Waals surface area contributed by atoms with E-state index in [1.165, 1.54) is 11.3 Å². The Balaban J connectivity index is 2.15. The molecule has 3 N–H and O–H groups in total. The first-order chi connectivity index (χ1) is 8.11. The summed E-state index contributed by atoms with van der Waals surface area (Å²) in [7, 11) is 1.77. The highest BCUT2D eigenvalue weighted by atomic mass is 32.2. The second kappa shape index (κ2) is 5.14. The summed E-state index contributed by atoms with van der Waals surface area (Å²) >= 11 is 3.22. The molecule has 1 aromatic rings. The van der Waals surface area contributed by atoms with E-state index in [9.17, 15) is 4.79 Å². The standard InChI is InChI=1S/C10H16N4OS2/c1-6-5-14(3-4-16-6)9(15)7-8(11)13-10(12-2)17-7/h6H,3-5,11H2,1-2H3,(H,12,13). The summed E-state index contributed by atoms with van der Waals surface area (Å²) in [5.41, 5.74) is 5.77. The molecule has 0 aromatic carbocycles. The number of anilines is 2. The zero-order valence-corrected chi connectivity index (χ0v) is 11.5. The van der Waals surface area contributed by atoms with Gasteiger partial charge in [0.05, 0.1) is 0 Å². The van der Waals surface area contributed by atoms with Crippen molar-refractivity contribution >= 4 is 40.0 Å². The SMILES string of the molecule is CNc1nc(N)c(C(=O)N2CCSC(C)C2)s1. The van der Waals surface area contributed by atoms with Gasteiger partial charge in [-0.25, -0.2) is 4.98 Å². The molecule has 2 rings (SSSR count). The second-order valence-electron chi connectivity index (χ2n) is 3.92. The number of rotatable bonds is 2. The molecule has 0 aliphatic carbocycles. The molecule has 2 heterocycles. The van der Waals surface area contributed by atoms with Crippen molar-refractivity contribution in [2.75, 3.05) is 36.9 Å². The third-order valence-electron chi connectivity index (χ3n) is 2.59. The fourth-order valence-corrected chi connectivity index (χ4v) is 3.56. The van der Waals surface area contributed by atoms with E-state index in [4.69, 9.17) is 5.73 Å². The average Bonchev–Trinajstić information content (AvgIpc) is 2.69. The summed E-state index contributed by atoms with van der Waals surface area (Å²) in [5, 5.41) is 4.08. The fourth-order valence-electron chi connectivity index (χ4n) is 1.74. The largest absolute Gasteiger partial charge is 0.382 e. The molecule has 1 aromatic heterocycles. The Morgan fingerprint density at radius 1 is 1.65 bits per heavy atom. The van der Waals surface area contributed by atoms with Crippen LogP contribution in [0, 0.1) is 0 Å². The number of aromatic nitrogens is 1. The van der Waals surface area contributed by atoms with Gasteiger partial charge in [0.1, 0.15) is 10.7 Å². The van der Waals surface area contributed by atoms with Crippen LogP contribution in [0.3, 0.4) is 0 Å². The Morgan fingerprint density at radius 2 is 2.41 bits per heavy atom. The van der Waals surface area contributed by atoms with E-state index in [0.717, 1.165) is 18.8 Å². The van der Waals surface area contributed by atoms with Crippen LogP contribution in [0.25, 0.3) is 0 Å². The van der Waals surface area contributed by atoms with Crippen LogP contribution in [-0.2, 0) is 0 Å². The van der Waals surface area contributed by atoms with E-state index in [2.05, 4.69) is 17.2 Å². The summed E-state index contributed by atoms with van der Waals surface area (Å²) in [6.45, 7) is 3.72. The topological polar surface area (TPSA) is 71.2 Å². The third-order valence-corrected chi connectivity index (χ3v) is 4.80. The van der Waals surface area contributed by atoms with Gasteiger partial charge >= 0.3 is 0 Å². The van der Waals surface area contributed by atoms with Gasteiger partial charge in [-0.3, -0.25) is 4.79 Å². The summed E-state index contributed by atoms with van der Waals surface area (Å²) in [6.07, 6.45) is 0. The molecule has 0 spiro atoms. The smallest absolute Gasteiger partial charge is 0.267 e. The highest BCUT2D eigenvalue weighted by molar-refractivity contribution is 7.99. The van der Waals surface area contributed by atoms with Crippen LogP contribution in [0.5, 0.6) is 0 Å². The number of amides is 1. The first-order valence-corrected chi connectivity index (χ1v) is 7.33. The van der Waals surface area contributed by atoms with E-state index in [1.807, 2.05) is 16.7 Å². The molecular formula is C10H16N4OS2. The Kier molecular flexibility index (Phi) is 3.78. The molecule has 0 saturated carbocycles. The summed E-state index contributed by atoms with van der Waals surface area (Å²) < 4.78 is 0. The fraction of sp³-hybridized carbons (Fsp3) is 0.600. The summed E-state index contributed by atoms with van der Waals surface area (Å²) in [4.78, 5) is 18.8. The highest BCUT2D eigenvalue weighted by Gasteiger charge is 2.25. The van der Waals surface area contributed by atoms with E-state index >= 15 is 0 Å². The predicted molar refractivity (Wildman–Crippen MR) is 73.9 cm³/mol. The molecule has 1 fully saturated rings. The minimum atomic E-state index is 0.00801. The van der Waals surface area contributed by atoms with Gasteiger partial charge in [0.15, 0.2) is 5.13 Å². The maximum atomic E-state index is 12.3. The number of thiazole rings is 1. The quantitative estimate of drug-likeness (QED) is 0.850. The van der Waals surface area contributed by atoms with E-state index in [0.29, 0.717) is 21.1 Å². The van der Waals surface area contributed by atoms with Crippen LogP contribution in [0.4, 0.5) is 10.9 Å². The molecule has 5 nitrogen and oxygen atoms in total. The number of hydrogen-bond acceptors (Lipinski definition) is 6. The summed E-state index contributed by atoms with van der Waals surface area (Å²) in [5.74, 6) is 1.33. The Hall–Kier alpha value is -0.950. The van der Waals surface area contributed by atoms with Gasteiger partial charge in [-0.05, 0) is 0 Å². The Labute approximate surface area is 109 Å². The molecule has 1 unspecified atom stereocenters. The highest BCUT2D eigenvalue weighted by Crippen LogP contribution is 2.27. The molecule has 1 amide bonds. The van der Waals surface area contributed by atoms with Crippen molar-refractivity contribution in [2.24, 2.45) is 0 Å². The zero-order valence-electron chi connectivity index (χ0n) is 9.90. The molecule has 0 bridgehead atoms.